The molecule has 0 aromatic heterocycles. The minimum Gasteiger partial charge on any atom is -0.353 e. The van der Waals surface area contributed by atoms with Gasteiger partial charge >= 0.3 is 0 Å². The molecular weight excluding hydrogens is 297 g/mol. The molecular formula is C14H19ClFN3O2. The van der Waals surface area contributed by atoms with Crippen LogP contribution in [0.2, 0.25) is 5.02 Å². The largest absolute Gasteiger partial charge is 0.353 e. The van der Waals surface area contributed by atoms with Crippen molar-refractivity contribution in [1.82, 2.24) is 10.2 Å². The van der Waals surface area contributed by atoms with Gasteiger partial charge in [0.2, 0.25) is 11.8 Å². The van der Waals surface area contributed by atoms with E-state index >= 15 is 0 Å². The Morgan fingerprint density at radius 2 is 1.90 bits per heavy atom. The molecule has 0 spiro atoms. The summed E-state index contributed by atoms with van der Waals surface area (Å²) in [5, 5.41) is 5.48. The van der Waals surface area contributed by atoms with Crippen LogP contribution in [0.15, 0.2) is 18.2 Å². The molecule has 0 fully saturated rings. The predicted molar refractivity (Wildman–Crippen MR) is 80.8 cm³/mol. The first-order chi connectivity index (χ1) is 9.77. The SMILES string of the molecule is CC(C)NC(=O)CN(C)CC(=O)Nc1cc(Cl)ccc1F. The van der Waals surface area contributed by atoms with Crippen molar-refractivity contribution in [2.24, 2.45) is 0 Å². The van der Waals surface area contributed by atoms with Gasteiger partial charge in [0.05, 0.1) is 18.8 Å². The smallest absolute Gasteiger partial charge is 0.238 e. The molecule has 0 saturated heterocycles. The lowest BCUT2D eigenvalue weighted by molar-refractivity contribution is -0.123. The number of anilines is 1. The van der Waals surface area contributed by atoms with Crippen LogP contribution in [0.4, 0.5) is 10.1 Å². The number of carbonyl (C=O) groups is 2. The molecule has 2 amide bonds. The quantitative estimate of drug-likeness (QED) is 0.842. The number of nitrogens with zero attached hydrogens (tertiary/aromatic N) is 1. The van der Waals surface area contributed by atoms with Gasteiger partial charge in [-0.1, -0.05) is 11.6 Å². The summed E-state index contributed by atoms with van der Waals surface area (Å²) in [6.45, 7) is 3.76. The minimum absolute atomic E-state index is 0.0209. The first-order valence-corrected chi connectivity index (χ1v) is 6.88. The van der Waals surface area contributed by atoms with E-state index in [4.69, 9.17) is 11.6 Å². The van der Waals surface area contributed by atoms with Gasteiger partial charge in [0.25, 0.3) is 0 Å². The molecule has 0 aliphatic carbocycles. The average molecular weight is 316 g/mol. The number of carbonyl (C=O) groups excluding carboxylic acids is 2. The van der Waals surface area contributed by atoms with E-state index in [2.05, 4.69) is 10.6 Å². The molecule has 0 radical (unpaired) electrons. The second kappa shape index (κ2) is 7.95. The van der Waals surface area contributed by atoms with Crippen LogP contribution in [0.1, 0.15) is 13.8 Å². The van der Waals surface area contributed by atoms with Crippen LogP contribution in [0.5, 0.6) is 0 Å². The van der Waals surface area contributed by atoms with Gasteiger partial charge in [-0.05, 0) is 39.1 Å². The third kappa shape index (κ3) is 6.55. The minimum atomic E-state index is -0.562. The fourth-order valence-corrected chi connectivity index (χ4v) is 1.87. The van der Waals surface area contributed by atoms with Crippen LogP contribution < -0.4 is 10.6 Å². The lowest BCUT2D eigenvalue weighted by Gasteiger charge is -2.17. The summed E-state index contributed by atoms with van der Waals surface area (Å²) in [5.41, 5.74) is 0.0209. The van der Waals surface area contributed by atoms with Gasteiger partial charge in [-0.15, -0.1) is 0 Å². The van der Waals surface area contributed by atoms with Gasteiger partial charge in [0.15, 0.2) is 0 Å². The normalized spacial score (nSPS) is 10.8. The Morgan fingerprint density at radius 1 is 1.29 bits per heavy atom. The van der Waals surface area contributed by atoms with E-state index in [-0.39, 0.29) is 30.7 Å². The van der Waals surface area contributed by atoms with Gasteiger partial charge < -0.3 is 10.6 Å². The van der Waals surface area contributed by atoms with Gasteiger partial charge in [-0.25, -0.2) is 4.39 Å². The van der Waals surface area contributed by atoms with Crippen molar-refractivity contribution in [1.29, 1.82) is 0 Å². The molecule has 1 aromatic carbocycles. The van der Waals surface area contributed by atoms with Crippen molar-refractivity contribution in [3.8, 4) is 0 Å². The molecule has 2 N–H and O–H groups in total. The molecule has 0 heterocycles. The summed E-state index contributed by atoms with van der Waals surface area (Å²) in [6, 6.07) is 3.95. The Morgan fingerprint density at radius 3 is 2.52 bits per heavy atom. The monoisotopic (exact) mass is 315 g/mol. The highest BCUT2D eigenvalue weighted by Gasteiger charge is 2.13. The molecule has 1 rings (SSSR count). The van der Waals surface area contributed by atoms with E-state index in [0.29, 0.717) is 5.02 Å². The second-order valence-corrected chi connectivity index (χ2v) is 5.50. The van der Waals surface area contributed by atoms with Crippen LogP contribution >= 0.6 is 11.6 Å². The molecule has 5 nitrogen and oxygen atoms in total. The summed E-state index contributed by atoms with van der Waals surface area (Å²) >= 11 is 5.74. The molecule has 0 atom stereocenters. The highest BCUT2D eigenvalue weighted by atomic mass is 35.5. The van der Waals surface area contributed by atoms with Crippen molar-refractivity contribution in [3.63, 3.8) is 0 Å². The number of hydrogen-bond acceptors (Lipinski definition) is 3. The lowest BCUT2D eigenvalue weighted by Crippen LogP contribution is -2.41. The number of likely N-dealkylation sites (N-methyl/N-ethyl adjacent to an activating group) is 1. The second-order valence-electron chi connectivity index (χ2n) is 5.07. The van der Waals surface area contributed by atoms with Gasteiger partial charge in [0, 0.05) is 11.1 Å². The van der Waals surface area contributed by atoms with Crippen LogP contribution in [-0.2, 0) is 9.59 Å². The molecule has 0 unspecified atom stereocenters. The Labute approximate surface area is 128 Å². The van der Waals surface area contributed by atoms with Crippen LogP contribution in [-0.4, -0.2) is 42.9 Å². The van der Waals surface area contributed by atoms with Gasteiger partial charge in [0.1, 0.15) is 5.82 Å². The Kier molecular flexibility index (Phi) is 6.58. The molecule has 0 bridgehead atoms. The zero-order chi connectivity index (χ0) is 16.0. The number of halogens is 2. The van der Waals surface area contributed by atoms with E-state index < -0.39 is 11.7 Å². The highest BCUT2D eigenvalue weighted by Crippen LogP contribution is 2.19. The van der Waals surface area contributed by atoms with E-state index in [1.165, 1.54) is 23.1 Å². The van der Waals surface area contributed by atoms with E-state index in [1.54, 1.807) is 7.05 Å². The third-order valence-corrected chi connectivity index (χ3v) is 2.71. The maximum Gasteiger partial charge on any atom is 0.238 e. The molecule has 0 aliphatic rings. The number of rotatable bonds is 6. The predicted octanol–water partition coefficient (Wildman–Crippen LogP) is 1.87. The zero-order valence-electron chi connectivity index (χ0n) is 12.2. The molecule has 0 aliphatic heterocycles. The summed E-state index contributed by atoms with van der Waals surface area (Å²) in [6.07, 6.45) is 0. The Balaban J connectivity index is 2.49. The van der Waals surface area contributed by atoms with Crippen LogP contribution in [0.3, 0.4) is 0 Å². The molecule has 0 saturated carbocycles. The standard InChI is InChI=1S/C14H19ClFN3O2/c1-9(2)17-13(20)7-19(3)8-14(21)18-12-6-10(15)4-5-11(12)16/h4-6,9H,7-8H2,1-3H3,(H,17,20)(H,18,21). The summed E-state index contributed by atoms with van der Waals surface area (Å²) in [4.78, 5) is 24.9. The summed E-state index contributed by atoms with van der Waals surface area (Å²) in [7, 11) is 1.63. The Bertz CT molecular complexity index is 523. The van der Waals surface area contributed by atoms with Crippen LogP contribution in [0.25, 0.3) is 0 Å². The fraction of sp³-hybridized carbons (Fsp3) is 0.429. The lowest BCUT2D eigenvalue weighted by atomic mass is 10.3. The van der Waals surface area contributed by atoms with Crippen molar-refractivity contribution in [2.75, 3.05) is 25.5 Å². The summed E-state index contributed by atoms with van der Waals surface area (Å²) < 4.78 is 13.5. The number of benzene rings is 1. The van der Waals surface area contributed by atoms with Crippen molar-refractivity contribution < 1.29 is 14.0 Å². The van der Waals surface area contributed by atoms with E-state index in [9.17, 15) is 14.0 Å². The molecule has 1 aromatic rings. The number of nitrogens with one attached hydrogen (secondary N) is 2. The van der Waals surface area contributed by atoms with Crippen LogP contribution in [0, 0.1) is 5.82 Å². The first-order valence-electron chi connectivity index (χ1n) is 6.50. The number of hydrogen-bond donors (Lipinski definition) is 2. The number of amides is 2. The topological polar surface area (TPSA) is 61.4 Å². The third-order valence-electron chi connectivity index (χ3n) is 2.48. The molecule has 7 heteroatoms. The highest BCUT2D eigenvalue weighted by molar-refractivity contribution is 6.30. The molecule has 21 heavy (non-hydrogen) atoms. The van der Waals surface area contributed by atoms with Gasteiger partial charge in [-0.3, -0.25) is 14.5 Å². The van der Waals surface area contributed by atoms with E-state index in [1.807, 2.05) is 13.8 Å². The summed E-state index contributed by atoms with van der Waals surface area (Å²) in [5.74, 6) is -1.15. The maximum absolute atomic E-state index is 13.5. The maximum atomic E-state index is 13.5. The van der Waals surface area contributed by atoms with Crippen molar-refractivity contribution in [3.05, 3.63) is 29.0 Å². The zero-order valence-corrected chi connectivity index (χ0v) is 13.0. The van der Waals surface area contributed by atoms with Crippen molar-refractivity contribution >= 4 is 29.1 Å². The first kappa shape index (κ1) is 17.4. The van der Waals surface area contributed by atoms with E-state index in [0.717, 1.165) is 0 Å². The Hall–Kier alpha value is -1.66. The molecule has 116 valence electrons. The fourth-order valence-electron chi connectivity index (χ4n) is 1.70. The average Bonchev–Trinajstić information content (AvgIpc) is 2.32. The van der Waals surface area contributed by atoms with Crippen molar-refractivity contribution in [2.45, 2.75) is 19.9 Å². The van der Waals surface area contributed by atoms with Gasteiger partial charge in [-0.2, -0.15) is 0 Å².